The van der Waals surface area contributed by atoms with Crippen molar-refractivity contribution in [3.8, 4) is 0 Å². The summed E-state index contributed by atoms with van der Waals surface area (Å²) < 4.78 is 5.55. The molecule has 0 spiro atoms. The van der Waals surface area contributed by atoms with E-state index >= 15 is 0 Å². The lowest BCUT2D eigenvalue weighted by Gasteiger charge is -2.39. The molecule has 5 heteroatoms. The van der Waals surface area contributed by atoms with Crippen molar-refractivity contribution < 1.29 is 9.53 Å². The molecule has 0 bridgehead atoms. The number of amides is 1. The summed E-state index contributed by atoms with van der Waals surface area (Å²) in [5, 5.41) is 3.81. The number of carbonyl (C=O) groups is 1. The van der Waals surface area contributed by atoms with Gasteiger partial charge in [0.25, 0.3) is 0 Å². The van der Waals surface area contributed by atoms with Crippen molar-refractivity contribution in [2.45, 2.75) is 44.8 Å². The van der Waals surface area contributed by atoms with Crippen LogP contribution >= 0.6 is 0 Å². The molecule has 0 unspecified atom stereocenters. The minimum atomic E-state index is 0.268. The van der Waals surface area contributed by atoms with Gasteiger partial charge in [-0.25, -0.2) is 0 Å². The first kappa shape index (κ1) is 18.4. The van der Waals surface area contributed by atoms with Crippen molar-refractivity contribution in [3.05, 3.63) is 35.9 Å². The Hall–Kier alpha value is -1.43. The number of nitrogens with zero attached hydrogens (tertiary/aromatic N) is 2. The first-order valence-electron chi connectivity index (χ1n) is 9.59. The molecule has 2 fully saturated rings. The molecule has 0 aliphatic carbocycles. The van der Waals surface area contributed by atoms with Gasteiger partial charge in [0.1, 0.15) is 0 Å². The molecule has 0 radical (unpaired) electrons. The first-order valence-corrected chi connectivity index (χ1v) is 9.59. The number of hydrogen-bond donors (Lipinski definition) is 1. The van der Waals surface area contributed by atoms with E-state index < -0.39 is 0 Å². The molecule has 25 heavy (non-hydrogen) atoms. The summed E-state index contributed by atoms with van der Waals surface area (Å²) in [5.41, 5.74) is 1.35. The van der Waals surface area contributed by atoms with Gasteiger partial charge in [0.15, 0.2) is 0 Å². The van der Waals surface area contributed by atoms with Crippen molar-refractivity contribution in [1.29, 1.82) is 0 Å². The van der Waals surface area contributed by atoms with Crippen LogP contribution in [-0.2, 0) is 9.53 Å². The van der Waals surface area contributed by atoms with E-state index in [0.717, 1.165) is 45.8 Å². The van der Waals surface area contributed by atoms with Gasteiger partial charge in [0, 0.05) is 44.7 Å². The normalized spacial score (nSPS) is 24.2. The van der Waals surface area contributed by atoms with Gasteiger partial charge in [-0.2, -0.15) is 0 Å². The van der Waals surface area contributed by atoms with E-state index in [4.69, 9.17) is 4.74 Å². The molecule has 0 saturated carbocycles. The average Bonchev–Trinajstić information content (AvgIpc) is 3.11. The Bertz CT molecular complexity index is 545. The van der Waals surface area contributed by atoms with Crippen LogP contribution in [0.25, 0.3) is 0 Å². The monoisotopic (exact) mass is 345 g/mol. The Kier molecular flexibility index (Phi) is 6.45. The quantitative estimate of drug-likeness (QED) is 0.857. The van der Waals surface area contributed by atoms with E-state index in [2.05, 4.69) is 47.5 Å². The van der Waals surface area contributed by atoms with Crippen LogP contribution in [-0.4, -0.2) is 67.2 Å². The van der Waals surface area contributed by atoms with E-state index in [1.807, 2.05) is 11.8 Å². The van der Waals surface area contributed by atoms with Crippen molar-refractivity contribution in [2.24, 2.45) is 0 Å². The van der Waals surface area contributed by atoms with Crippen LogP contribution in [0, 0.1) is 0 Å². The molecule has 1 N–H and O–H groups in total. The zero-order valence-electron chi connectivity index (χ0n) is 15.5. The Morgan fingerprint density at radius 3 is 2.64 bits per heavy atom. The predicted octanol–water partition coefficient (Wildman–Crippen LogP) is 2.05. The molecule has 138 valence electrons. The second-order valence-electron chi connectivity index (χ2n) is 7.14. The number of hydrogen-bond acceptors (Lipinski definition) is 4. The van der Waals surface area contributed by atoms with Crippen molar-refractivity contribution in [2.75, 3.05) is 39.4 Å². The summed E-state index contributed by atoms with van der Waals surface area (Å²) in [7, 11) is 0. The number of carbonyl (C=O) groups excluding carboxylic acids is 1. The van der Waals surface area contributed by atoms with Crippen molar-refractivity contribution in [3.63, 3.8) is 0 Å². The average molecular weight is 345 g/mol. The Labute approximate surface area is 151 Å². The minimum Gasteiger partial charge on any atom is -0.379 e. The maximum atomic E-state index is 11.9. The predicted molar refractivity (Wildman–Crippen MR) is 99.4 cm³/mol. The SMILES string of the molecule is CCC(=O)N1CC[C@H](N[C@H](C)[C@@H](c2ccccc2)N2CCOCC2)C1. The lowest BCUT2D eigenvalue weighted by Crippen LogP contribution is -2.50. The van der Waals surface area contributed by atoms with Crippen LogP contribution in [0.15, 0.2) is 30.3 Å². The van der Waals surface area contributed by atoms with Crippen LogP contribution in [0.2, 0.25) is 0 Å². The molecule has 3 atom stereocenters. The van der Waals surface area contributed by atoms with Gasteiger partial charge in [0.2, 0.25) is 5.91 Å². The second-order valence-corrected chi connectivity index (χ2v) is 7.14. The number of likely N-dealkylation sites (tertiary alicyclic amines) is 1. The topological polar surface area (TPSA) is 44.8 Å². The van der Waals surface area contributed by atoms with Crippen LogP contribution in [0.1, 0.15) is 38.3 Å². The molecule has 0 aromatic heterocycles. The lowest BCUT2D eigenvalue weighted by molar-refractivity contribution is -0.129. The third kappa shape index (κ3) is 4.60. The Balaban J connectivity index is 1.67. The fourth-order valence-corrected chi connectivity index (χ4v) is 4.13. The van der Waals surface area contributed by atoms with Crippen LogP contribution < -0.4 is 5.32 Å². The van der Waals surface area contributed by atoms with Crippen LogP contribution in [0.4, 0.5) is 0 Å². The van der Waals surface area contributed by atoms with E-state index in [1.54, 1.807) is 0 Å². The number of morpholine rings is 1. The number of ether oxygens (including phenoxy) is 1. The highest BCUT2D eigenvalue weighted by Gasteiger charge is 2.31. The Morgan fingerprint density at radius 2 is 1.96 bits per heavy atom. The number of rotatable bonds is 6. The summed E-state index contributed by atoms with van der Waals surface area (Å²) in [5.74, 6) is 0.268. The van der Waals surface area contributed by atoms with Crippen molar-refractivity contribution >= 4 is 5.91 Å². The fraction of sp³-hybridized carbons (Fsp3) is 0.650. The van der Waals surface area contributed by atoms with Gasteiger partial charge >= 0.3 is 0 Å². The highest BCUT2D eigenvalue weighted by atomic mass is 16.5. The van der Waals surface area contributed by atoms with Gasteiger partial charge in [-0.3, -0.25) is 9.69 Å². The van der Waals surface area contributed by atoms with E-state index in [-0.39, 0.29) is 5.91 Å². The molecular formula is C20H31N3O2. The van der Waals surface area contributed by atoms with Crippen LogP contribution in [0.3, 0.4) is 0 Å². The zero-order valence-corrected chi connectivity index (χ0v) is 15.5. The Morgan fingerprint density at radius 1 is 1.24 bits per heavy atom. The lowest BCUT2D eigenvalue weighted by atomic mass is 9.97. The third-order valence-corrected chi connectivity index (χ3v) is 5.40. The molecule has 1 amide bonds. The molecule has 5 nitrogen and oxygen atoms in total. The fourth-order valence-electron chi connectivity index (χ4n) is 4.13. The first-order chi connectivity index (χ1) is 12.2. The standard InChI is InChI=1S/C20H31N3O2/c1-3-19(24)23-10-9-18(15-23)21-16(2)20(17-7-5-4-6-8-17)22-11-13-25-14-12-22/h4-8,16,18,20-21H,3,9-15H2,1-2H3/t16-,18+,20+/m1/s1. The summed E-state index contributed by atoms with van der Waals surface area (Å²) >= 11 is 0. The molecule has 2 heterocycles. The van der Waals surface area contributed by atoms with E-state index in [9.17, 15) is 4.79 Å². The number of nitrogens with one attached hydrogen (secondary N) is 1. The van der Waals surface area contributed by atoms with Gasteiger partial charge in [0.05, 0.1) is 19.3 Å². The second kappa shape index (κ2) is 8.79. The molecule has 2 saturated heterocycles. The van der Waals surface area contributed by atoms with Crippen molar-refractivity contribution in [1.82, 2.24) is 15.1 Å². The molecule has 1 aromatic rings. The highest BCUT2D eigenvalue weighted by Crippen LogP contribution is 2.26. The van der Waals surface area contributed by atoms with Gasteiger partial charge in [-0.05, 0) is 18.9 Å². The molecule has 3 rings (SSSR count). The molecule has 2 aliphatic rings. The van der Waals surface area contributed by atoms with E-state index in [1.165, 1.54) is 5.56 Å². The summed E-state index contributed by atoms with van der Waals surface area (Å²) in [6.45, 7) is 9.48. The maximum Gasteiger partial charge on any atom is 0.222 e. The summed E-state index contributed by atoms with van der Waals surface area (Å²) in [4.78, 5) is 16.4. The molecular weight excluding hydrogens is 314 g/mol. The van der Waals surface area contributed by atoms with Crippen LogP contribution in [0.5, 0.6) is 0 Å². The minimum absolute atomic E-state index is 0.268. The smallest absolute Gasteiger partial charge is 0.222 e. The molecule has 2 aliphatic heterocycles. The molecule has 1 aromatic carbocycles. The highest BCUT2D eigenvalue weighted by molar-refractivity contribution is 5.76. The largest absolute Gasteiger partial charge is 0.379 e. The van der Waals surface area contributed by atoms with Gasteiger partial charge < -0.3 is 15.0 Å². The maximum absolute atomic E-state index is 11.9. The van der Waals surface area contributed by atoms with E-state index in [0.29, 0.717) is 24.5 Å². The summed E-state index contributed by atoms with van der Waals surface area (Å²) in [6.07, 6.45) is 1.64. The zero-order chi connectivity index (χ0) is 17.6. The third-order valence-electron chi connectivity index (χ3n) is 5.40. The summed E-state index contributed by atoms with van der Waals surface area (Å²) in [6, 6.07) is 11.8. The van der Waals surface area contributed by atoms with Gasteiger partial charge in [-0.15, -0.1) is 0 Å². The number of benzene rings is 1. The van der Waals surface area contributed by atoms with Gasteiger partial charge in [-0.1, -0.05) is 37.3 Å².